The third kappa shape index (κ3) is 3.23. The maximum Gasteiger partial charge on any atom is 0.247 e. The smallest absolute Gasteiger partial charge is 0.247 e. The van der Waals surface area contributed by atoms with E-state index >= 15 is 0 Å². The second-order valence-corrected chi connectivity index (χ2v) is 8.15. The quantitative estimate of drug-likeness (QED) is 0.693. The topological polar surface area (TPSA) is 84.8 Å². The largest absolute Gasteiger partial charge is 0.496 e. The van der Waals surface area contributed by atoms with E-state index in [1.165, 1.54) is 4.41 Å². The van der Waals surface area contributed by atoms with Gasteiger partial charge in [0, 0.05) is 24.4 Å². The van der Waals surface area contributed by atoms with Crippen molar-refractivity contribution in [1.82, 2.24) is 14.4 Å². The van der Waals surface area contributed by atoms with Gasteiger partial charge in [0.1, 0.15) is 5.75 Å². The molecule has 0 fully saturated rings. The zero-order valence-corrected chi connectivity index (χ0v) is 15.7. The van der Waals surface area contributed by atoms with Gasteiger partial charge in [-0.05, 0) is 29.8 Å². The van der Waals surface area contributed by atoms with Crippen molar-refractivity contribution in [3.63, 3.8) is 0 Å². The predicted molar refractivity (Wildman–Crippen MR) is 103 cm³/mol. The summed E-state index contributed by atoms with van der Waals surface area (Å²) in [7, 11) is -1.96. The van der Waals surface area contributed by atoms with Gasteiger partial charge in [0.15, 0.2) is 0 Å². The van der Waals surface area contributed by atoms with Gasteiger partial charge in [0.25, 0.3) is 0 Å². The lowest BCUT2D eigenvalue weighted by Crippen LogP contribution is -2.25. The maximum atomic E-state index is 12.4. The Bertz CT molecular complexity index is 1140. The highest BCUT2D eigenvalue weighted by Gasteiger charge is 2.35. The zero-order valence-electron chi connectivity index (χ0n) is 14.9. The van der Waals surface area contributed by atoms with Crippen molar-refractivity contribution < 1.29 is 13.2 Å². The van der Waals surface area contributed by atoms with Gasteiger partial charge in [0.2, 0.25) is 10.0 Å². The number of rotatable bonds is 4. The third-order valence-corrected chi connectivity index (χ3v) is 5.52. The number of para-hydroxylation sites is 1. The van der Waals surface area contributed by atoms with Crippen LogP contribution < -0.4 is 4.74 Å². The molecule has 0 saturated heterocycles. The zero-order chi connectivity index (χ0) is 19.0. The van der Waals surface area contributed by atoms with Gasteiger partial charge < -0.3 is 4.74 Å². The molecule has 1 aromatic heterocycles. The molecule has 27 heavy (non-hydrogen) atoms. The molecule has 1 aliphatic rings. The van der Waals surface area contributed by atoms with E-state index in [1.54, 1.807) is 19.5 Å². The molecule has 0 radical (unpaired) electrons. The van der Waals surface area contributed by atoms with Crippen molar-refractivity contribution in [1.29, 1.82) is 0 Å². The summed E-state index contributed by atoms with van der Waals surface area (Å²) in [6, 6.07) is 12.6. The second kappa shape index (κ2) is 6.62. The summed E-state index contributed by atoms with van der Waals surface area (Å²) in [5.74, 6) is 0.662. The molecule has 1 atom stereocenters. The van der Waals surface area contributed by atoms with Crippen LogP contribution in [0.15, 0.2) is 60.0 Å². The SMILES string of the molecule is COc1ccccc1C1=NN(S(C)(=O)=O)[C@H](c2ccc3nccnc3c2)C1. The second-order valence-electron chi connectivity index (χ2n) is 6.31. The first-order chi connectivity index (χ1) is 13.0. The van der Waals surface area contributed by atoms with Crippen molar-refractivity contribution in [3.8, 4) is 5.75 Å². The average Bonchev–Trinajstić information content (AvgIpc) is 3.13. The molecular weight excluding hydrogens is 364 g/mol. The van der Waals surface area contributed by atoms with Crippen LogP contribution in [-0.2, 0) is 10.0 Å². The number of benzene rings is 2. The van der Waals surface area contributed by atoms with Crippen LogP contribution in [0, 0.1) is 0 Å². The number of ether oxygens (including phenoxy) is 1. The van der Waals surface area contributed by atoms with Gasteiger partial charge in [-0.15, -0.1) is 0 Å². The first-order valence-electron chi connectivity index (χ1n) is 8.38. The molecule has 0 saturated carbocycles. The number of hydrazone groups is 1. The lowest BCUT2D eigenvalue weighted by molar-refractivity contribution is 0.375. The summed E-state index contributed by atoms with van der Waals surface area (Å²) < 4.78 is 31.3. The monoisotopic (exact) mass is 382 g/mol. The highest BCUT2D eigenvalue weighted by atomic mass is 32.2. The minimum atomic E-state index is -3.54. The van der Waals surface area contributed by atoms with Gasteiger partial charge in [-0.1, -0.05) is 18.2 Å². The molecule has 0 N–H and O–H groups in total. The Hall–Kier alpha value is -3.00. The van der Waals surface area contributed by atoms with E-state index in [-0.39, 0.29) is 0 Å². The van der Waals surface area contributed by atoms with E-state index in [0.717, 1.165) is 22.9 Å². The molecule has 0 bridgehead atoms. The molecule has 0 spiro atoms. The van der Waals surface area contributed by atoms with Gasteiger partial charge in [-0.25, -0.2) is 8.42 Å². The third-order valence-electron chi connectivity index (χ3n) is 4.51. The molecular formula is C19H18N4O3S. The van der Waals surface area contributed by atoms with Crippen molar-refractivity contribution in [2.45, 2.75) is 12.5 Å². The van der Waals surface area contributed by atoms with Crippen LogP contribution in [0.2, 0.25) is 0 Å². The first-order valence-corrected chi connectivity index (χ1v) is 10.2. The van der Waals surface area contributed by atoms with E-state index in [2.05, 4.69) is 15.1 Å². The summed E-state index contributed by atoms with van der Waals surface area (Å²) in [5.41, 5.74) is 3.76. The Morgan fingerprint density at radius 3 is 2.56 bits per heavy atom. The van der Waals surface area contributed by atoms with Crippen molar-refractivity contribution in [2.24, 2.45) is 5.10 Å². The van der Waals surface area contributed by atoms with E-state index in [4.69, 9.17) is 4.74 Å². The van der Waals surface area contributed by atoms with Crippen LogP contribution in [0.5, 0.6) is 5.75 Å². The van der Waals surface area contributed by atoms with Crippen LogP contribution in [0.25, 0.3) is 11.0 Å². The molecule has 3 aromatic rings. The highest BCUT2D eigenvalue weighted by molar-refractivity contribution is 7.88. The maximum absolute atomic E-state index is 12.4. The minimum absolute atomic E-state index is 0.439. The Balaban J connectivity index is 1.79. The van der Waals surface area contributed by atoms with Crippen molar-refractivity contribution >= 4 is 26.8 Å². The number of nitrogens with zero attached hydrogens (tertiary/aromatic N) is 4. The fourth-order valence-corrected chi connectivity index (χ4v) is 4.18. The molecule has 138 valence electrons. The molecule has 4 rings (SSSR count). The number of aromatic nitrogens is 2. The van der Waals surface area contributed by atoms with Gasteiger partial charge >= 0.3 is 0 Å². The lowest BCUT2D eigenvalue weighted by atomic mass is 9.98. The standard InChI is InChI=1S/C19H18N4O3S/c1-26-19-6-4-3-5-14(19)16-12-18(23(22-16)27(2,24)25)13-7-8-15-17(11-13)21-10-9-20-15/h3-11,18H,12H2,1-2H3/t18-/m0/s1. The number of sulfonamides is 1. The van der Waals surface area contributed by atoms with E-state index < -0.39 is 16.1 Å². The summed E-state index contributed by atoms with van der Waals surface area (Å²) >= 11 is 0. The fraction of sp³-hybridized carbons (Fsp3) is 0.211. The highest BCUT2D eigenvalue weighted by Crippen LogP contribution is 2.37. The molecule has 0 unspecified atom stereocenters. The van der Waals surface area contributed by atoms with E-state index in [0.29, 0.717) is 23.4 Å². The number of methoxy groups -OCH3 is 1. The van der Waals surface area contributed by atoms with Crippen LogP contribution in [-0.4, -0.2) is 41.9 Å². The Morgan fingerprint density at radius 2 is 1.81 bits per heavy atom. The molecule has 2 aromatic carbocycles. The molecule has 8 heteroatoms. The van der Waals surface area contributed by atoms with Crippen LogP contribution in [0.4, 0.5) is 0 Å². The van der Waals surface area contributed by atoms with Crippen LogP contribution in [0.3, 0.4) is 0 Å². The summed E-state index contributed by atoms with van der Waals surface area (Å²) in [6.45, 7) is 0. The van der Waals surface area contributed by atoms with Gasteiger partial charge in [-0.3, -0.25) is 9.97 Å². The van der Waals surface area contributed by atoms with Gasteiger partial charge in [-0.2, -0.15) is 9.52 Å². The Morgan fingerprint density at radius 1 is 1.07 bits per heavy atom. The fourth-order valence-electron chi connectivity index (χ4n) is 3.28. The van der Waals surface area contributed by atoms with Crippen molar-refractivity contribution in [2.75, 3.05) is 13.4 Å². The number of fused-ring (bicyclic) bond motifs is 1. The lowest BCUT2D eigenvalue weighted by Gasteiger charge is -2.21. The van der Waals surface area contributed by atoms with E-state index in [9.17, 15) is 8.42 Å². The minimum Gasteiger partial charge on any atom is -0.496 e. The number of hydrogen-bond donors (Lipinski definition) is 0. The molecule has 0 amide bonds. The molecule has 0 aliphatic carbocycles. The number of hydrogen-bond acceptors (Lipinski definition) is 6. The van der Waals surface area contributed by atoms with E-state index in [1.807, 2.05) is 42.5 Å². The van der Waals surface area contributed by atoms with Crippen molar-refractivity contribution in [3.05, 3.63) is 66.0 Å². The molecule has 2 heterocycles. The van der Waals surface area contributed by atoms with Crippen LogP contribution >= 0.6 is 0 Å². The predicted octanol–water partition coefficient (Wildman–Crippen LogP) is 2.75. The molecule has 7 nitrogen and oxygen atoms in total. The Kier molecular flexibility index (Phi) is 4.27. The first kappa shape index (κ1) is 17.4. The van der Waals surface area contributed by atoms with Gasteiger partial charge in [0.05, 0.1) is 36.2 Å². The Labute approximate surface area is 157 Å². The molecule has 1 aliphatic heterocycles. The summed E-state index contributed by atoms with van der Waals surface area (Å²) in [5, 5.41) is 4.42. The average molecular weight is 382 g/mol. The summed E-state index contributed by atoms with van der Waals surface area (Å²) in [4.78, 5) is 8.58. The summed E-state index contributed by atoms with van der Waals surface area (Å²) in [6.07, 6.45) is 4.85. The van der Waals surface area contributed by atoms with Crippen LogP contribution in [0.1, 0.15) is 23.6 Å². The normalized spacial score (nSPS) is 17.2.